The van der Waals surface area contributed by atoms with E-state index >= 15 is 0 Å². The van der Waals surface area contributed by atoms with E-state index in [1.807, 2.05) is 13.0 Å². The third-order valence-electron chi connectivity index (χ3n) is 5.00. The maximum atomic E-state index is 12.3. The molecule has 0 atom stereocenters. The Labute approximate surface area is 163 Å². The normalized spacial score (nSPS) is 13.8. The number of aryl methyl sites for hydroxylation is 3. The highest BCUT2D eigenvalue weighted by molar-refractivity contribution is 5.89. The molecule has 3 N–H and O–H groups in total. The van der Waals surface area contributed by atoms with Crippen LogP contribution in [0.25, 0.3) is 0 Å². The molecule has 0 radical (unpaired) electrons. The van der Waals surface area contributed by atoms with Gasteiger partial charge in [0.2, 0.25) is 5.91 Å². The fourth-order valence-corrected chi connectivity index (χ4v) is 3.52. The molecule has 1 heterocycles. The molecule has 2 aromatic rings. The van der Waals surface area contributed by atoms with Crippen LogP contribution in [0.4, 0.5) is 0 Å². The molecule has 0 aliphatic heterocycles. The smallest absolute Gasteiger partial charge is 0.333 e. The average molecular weight is 384 g/mol. The van der Waals surface area contributed by atoms with Crippen molar-refractivity contribution < 1.29 is 24.3 Å². The first-order valence-electron chi connectivity index (χ1n) is 9.41. The van der Waals surface area contributed by atoms with E-state index in [0.29, 0.717) is 37.0 Å². The molecule has 0 spiro atoms. The largest absolute Gasteiger partial charge is 0.508 e. The minimum absolute atomic E-state index is 0.210. The van der Waals surface area contributed by atoms with Crippen LogP contribution in [0.5, 0.6) is 5.75 Å². The molecule has 3 rings (SSSR count). The highest BCUT2D eigenvalue weighted by Crippen LogP contribution is 2.24. The topological polar surface area (TPSA) is 113 Å². The van der Waals surface area contributed by atoms with Gasteiger partial charge in [-0.1, -0.05) is 17.3 Å². The van der Waals surface area contributed by atoms with Gasteiger partial charge >= 0.3 is 5.97 Å². The second kappa shape index (κ2) is 8.73. The Kier molecular flexibility index (Phi) is 6.13. The van der Waals surface area contributed by atoms with Crippen molar-refractivity contribution >= 4 is 11.9 Å². The van der Waals surface area contributed by atoms with Crippen molar-refractivity contribution in [3.05, 3.63) is 58.1 Å². The summed E-state index contributed by atoms with van der Waals surface area (Å²) in [6.45, 7) is 1.84. The lowest BCUT2D eigenvalue weighted by Crippen LogP contribution is -2.24. The molecule has 7 nitrogen and oxygen atoms in total. The third kappa shape index (κ3) is 4.79. The molecule has 1 amide bonds. The van der Waals surface area contributed by atoms with Crippen LogP contribution in [0.15, 0.2) is 40.1 Å². The second-order valence-corrected chi connectivity index (χ2v) is 7.00. The third-order valence-corrected chi connectivity index (χ3v) is 5.00. The quantitative estimate of drug-likeness (QED) is 0.645. The van der Waals surface area contributed by atoms with Crippen molar-refractivity contribution in [3.8, 4) is 5.75 Å². The first kappa shape index (κ1) is 19.7. The van der Waals surface area contributed by atoms with Crippen LogP contribution >= 0.6 is 0 Å². The summed E-state index contributed by atoms with van der Waals surface area (Å²) in [5.41, 5.74) is 3.56. The lowest BCUT2D eigenvalue weighted by molar-refractivity contribution is -0.132. The van der Waals surface area contributed by atoms with Gasteiger partial charge in [0, 0.05) is 24.1 Å². The number of aliphatic carboxylic acids is 1. The molecule has 1 aromatic heterocycles. The lowest BCUT2D eigenvalue weighted by Gasteiger charge is -2.07. The summed E-state index contributed by atoms with van der Waals surface area (Å²) in [5, 5.41) is 25.6. The molecule has 0 bridgehead atoms. The van der Waals surface area contributed by atoms with Crippen LogP contribution < -0.4 is 5.32 Å². The van der Waals surface area contributed by atoms with Gasteiger partial charge in [0.15, 0.2) is 0 Å². The number of allylic oxidation sites excluding steroid dienone is 1. The summed E-state index contributed by atoms with van der Waals surface area (Å²) in [6.07, 6.45) is 3.89. The van der Waals surface area contributed by atoms with Crippen molar-refractivity contribution in [2.24, 2.45) is 0 Å². The number of hydrogen-bond acceptors (Lipinski definition) is 5. The maximum absolute atomic E-state index is 12.3. The Hall–Kier alpha value is -3.09. The summed E-state index contributed by atoms with van der Waals surface area (Å²) >= 11 is 0. The van der Waals surface area contributed by atoms with Crippen LogP contribution in [0.2, 0.25) is 0 Å². The Morgan fingerprint density at radius 1 is 1.21 bits per heavy atom. The molecular weight excluding hydrogens is 360 g/mol. The van der Waals surface area contributed by atoms with Gasteiger partial charge < -0.3 is 20.1 Å². The fraction of sp³-hybridized carbons (Fsp3) is 0.381. The van der Waals surface area contributed by atoms with E-state index in [-0.39, 0.29) is 18.1 Å². The number of amides is 1. The standard InChI is InChI=1S/C21H24N2O5/c1-13-16(9-8-14-4-2-5-15(24)12-14)19(23-28-13)10-11-20(25)22-18-7-3-6-17(18)21(26)27/h2,4-5,12,24H,3,6-11H2,1H3,(H,22,25)(H,26,27). The minimum atomic E-state index is -0.964. The van der Waals surface area contributed by atoms with E-state index in [2.05, 4.69) is 10.5 Å². The van der Waals surface area contributed by atoms with Crippen molar-refractivity contribution in [1.29, 1.82) is 0 Å². The second-order valence-electron chi connectivity index (χ2n) is 7.00. The molecule has 1 aromatic carbocycles. The number of aromatic nitrogens is 1. The molecule has 7 heteroatoms. The van der Waals surface area contributed by atoms with Gasteiger partial charge in [-0.15, -0.1) is 0 Å². The Balaban J connectivity index is 1.58. The summed E-state index contributed by atoms with van der Waals surface area (Å²) in [4.78, 5) is 23.4. The van der Waals surface area contributed by atoms with E-state index < -0.39 is 5.97 Å². The van der Waals surface area contributed by atoms with E-state index in [9.17, 15) is 14.7 Å². The number of benzene rings is 1. The first-order valence-corrected chi connectivity index (χ1v) is 9.41. The molecule has 1 aliphatic rings. The SMILES string of the molecule is Cc1onc(CCC(=O)NC2=C(C(=O)O)CCC2)c1CCc1cccc(O)c1. The number of nitrogens with one attached hydrogen (secondary N) is 1. The first-order chi connectivity index (χ1) is 13.4. The van der Waals surface area contributed by atoms with Gasteiger partial charge in [-0.3, -0.25) is 4.79 Å². The minimum Gasteiger partial charge on any atom is -0.508 e. The molecular formula is C21H24N2O5. The summed E-state index contributed by atoms with van der Waals surface area (Å²) < 4.78 is 5.30. The van der Waals surface area contributed by atoms with Gasteiger partial charge in [-0.2, -0.15) is 0 Å². The van der Waals surface area contributed by atoms with E-state index in [1.165, 1.54) is 0 Å². The van der Waals surface area contributed by atoms with Crippen LogP contribution in [-0.4, -0.2) is 27.2 Å². The maximum Gasteiger partial charge on any atom is 0.333 e. The molecule has 1 aliphatic carbocycles. The fourth-order valence-electron chi connectivity index (χ4n) is 3.52. The van der Waals surface area contributed by atoms with Crippen molar-refractivity contribution in [2.75, 3.05) is 0 Å². The Bertz CT molecular complexity index is 913. The molecule has 148 valence electrons. The lowest BCUT2D eigenvalue weighted by atomic mass is 10.0. The van der Waals surface area contributed by atoms with E-state index in [1.54, 1.807) is 18.2 Å². The van der Waals surface area contributed by atoms with E-state index in [4.69, 9.17) is 9.63 Å². The molecule has 0 unspecified atom stereocenters. The highest BCUT2D eigenvalue weighted by atomic mass is 16.5. The Morgan fingerprint density at radius 3 is 2.79 bits per heavy atom. The molecule has 0 saturated heterocycles. The summed E-state index contributed by atoms with van der Waals surface area (Å²) in [6, 6.07) is 7.11. The summed E-state index contributed by atoms with van der Waals surface area (Å²) in [7, 11) is 0. The van der Waals surface area contributed by atoms with Gasteiger partial charge in [-0.05, 0) is 56.7 Å². The monoisotopic (exact) mass is 384 g/mol. The number of carbonyl (C=O) groups is 2. The van der Waals surface area contributed by atoms with Crippen molar-refractivity contribution in [1.82, 2.24) is 10.5 Å². The van der Waals surface area contributed by atoms with Crippen LogP contribution in [-0.2, 0) is 28.9 Å². The van der Waals surface area contributed by atoms with Gasteiger partial charge in [-0.25, -0.2) is 4.79 Å². The number of rotatable bonds is 8. The summed E-state index contributed by atoms with van der Waals surface area (Å²) in [5.74, 6) is -0.218. The molecule has 0 saturated carbocycles. The van der Waals surface area contributed by atoms with Gasteiger partial charge in [0.1, 0.15) is 11.5 Å². The number of carboxylic acids is 1. The number of phenolic OH excluding ortho intramolecular Hbond substituents is 1. The number of hydrogen-bond donors (Lipinski definition) is 3. The van der Waals surface area contributed by atoms with Crippen LogP contribution in [0.1, 0.15) is 48.3 Å². The van der Waals surface area contributed by atoms with Crippen molar-refractivity contribution in [2.45, 2.75) is 51.9 Å². The average Bonchev–Trinajstić information content (AvgIpc) is 3.25. The number of carbonyl (C=O) groups excluding carboxylic acids is 1. The zero-order chi connectivity index (χ0) is 20.1. The predicted molar refractivity (Wildman–Crippen MR) is 102 cm³/mol. The Morgan fingerprint density at radius 2 is 2.04 bits per heavy atom. The number of nitrogens with zero attached hydrogens (tertiary/aromatic N) is 1. The highest BCUT2D eigenvalue weighted by Gasteiger charge is 2.22. The molecule has 0 fully saturated rings. The van der Waals surface area contributed by atoms with Crippen LogP contribution in [0.3, 0.4) is 0 Å². The van der Waals surface area contributed by atoms with Crippen LogP contribution in [0, 0.1) is 6.92 Å². The predicted octanol–water partition coefficient (Wildman–Crippen LogP) is 3.05. The zero-order valence-electron chi connectivity index (χ0n) is 15.8. The number of carboxylic acid groups (broad SMARTS) is 1. The number of aromatic hydroxyl groups is 1. The van der Waals surface area contributed by atoms with E-state index in [0.717, 1.165) is 35.4 Å². The van der Waals surface area contributed by atoms with Crippen molar-refractivity contribution in [3.63, 3.8) is 0 Å². The zero-order valence-corrected chi connectivity index (χ0v) is 15.8. The van der Waals surface area contributed by atoms with Gasteiger partial charge in [0.25, 0.3) is 0 Å². The molecule has 28 heavy (non-hydrogen) atoms. The number of phenols is 1. The van der Waals surface area contributed by atoms with Gasteiger partial charge in [0.05, 0.1) is 11.3 Å².